The molecule has 132 valence electrons. The summed E-state index contributed by atoms with van der Waals surface area (Å²) in [6, 6.07) is 3.64. The number of methoxy groups -OCH3 is 3. The lowest BCUT2D eigenvalue weighted by Crippen LogP contribution is -2.27. The number of ether oxygens (including phenoxy) is 3. The van der Waals surface area contributed by atoms with Gasteiger partial charge in [0.1, 0.15) is 5.75 Å². The second kappa shape index (κ2) is 7.32. The van der Waals surface area contributed by atoms with Crippen LogP contribution in [-0.2, 0) is 11.3 Å². The van der Waals surface area contributed by atoms with Crippen LogP contribution in [0.5, 0.6) is 17.2 Å². The molecule has 1 amide bonds. The summed E-state index contributed by atoms with van der Waals surface area (Å²) in [5.74, 6) is 4.30. The molecule has 0 aliphatic heterocycles. The van der Waals surface area contributed by atoms with Crippen LogP contribution in [0.3, 0.4) is 0 Å². The number of nitrogens with one attached hydrogen (secondary N) is 1. The van der Waals surface area contributed by atoms with E-state index >= 15 is 0 Å². The quantitative estimate of drug-likeness (QED) is 0.833. The van der Waals surface area contributed by atoms with Crippen molar-refractivity contribution in [2.45, 2.75) is 38.6 Å². The van der Waals surface area contributed by atoms with Crippen LogP contribution in [0.2, 0.25) is 0 Å². The van der Waals surface area contributed by atoms with Gasteiger partial charge in [-0.2, -0.15) is 0 Å². The summed E-state index contributed by atoms with van der Waals surface area (Å²) >= 11 is 0. The van der Waals surface area contributed by atoms with Gasteiger partial charge in [-0.3, -0.25) is 4.79 Å². The van der Waals surface area contributed by atoms with Gasteiger partial charge in [-0.1, -0.05) is 6.42 Å². The van der Waals surface area contributed by atoms with Gasteiger partial charge < -0.3 is 19.5 Å². The van der Waals surface area contributed by atoms with E-state index in [1.807, 2.05) is 6.07 Å². The largest absolute Gasteiger partial charge is 0.496 e. The monoisotopic (exact) mass is 333 g/mol. The lowest BCUT2D eigenvalue weighted by atomic mass is 9.86. The third kappa shape index (κ3) is 3.45. The zero-order valence-electron chi connectivity index (χ0n) is 14.8. The van der Waals surface area contributed by atoms with Crippen molar-refractivity contribution in [1.82, 2.24) is 5.32 Å². The Balaban J connectivity index is 1.60. The van der Waals surface area contributed by atoms with E-state index in [1.165, 1.54) is 25.7 Å². The van der Waals surface area contributed by atoms with Crippen molar-refractivity contribution >= 4 is 5.91 Å². The molecule has 2 bridgehead atoms. The minimum absolute atomic E-state index is 0.129. The average molecular weight is 333 g/mol. The van der Waals surface area contributed by atoms with Crippen LogP contribution >= 0.6 is 0 Å². The predicted octanol–water partition coefficient (Wildman–Crippen LogP) is 3.15. The van der Waals surface area contributed by atoms with Crippen molar-refractivity contribution < 1.29 is 19.0 Å². The maximum Gasteiger partial charge on any atom is 0.220 e. The average Bonchev–Trinajstić information content (AvgIpc) is 3.21. The molecule has 0 heterocycles. The van der Waals surface area contributed by atoms with E-state index in [1.54, 1.807) is 27.4 Å². The molecule has 24 heavy (non-hydrogen) atoms. The zero-order valence-corrected chi connectivity index (χ0v) is 14.8. The molecule has 1 N–H and O–H groups in total. The molecule has 3 atom stereocenters. The van der Waals surface area contributed by atoms with E-state index in [4.69, 9.17) is 14.2 Å². The molecule has 0 spiro atoms. The smallest absolute Gasteiger partial charge is 0.220 e. The molecule has 2 fully saturated rings. The predicted molar refractivity (Wildman–Crippen MR) is 91.5 cm³/mol. The Bertz CT molecular complexity index is 601. The SMILES string of the molecule is COc1cc(OC)c(OC)cc1CNC(=O)C[C@@H]1C[C@H]2CC[C@@H]1C2. The van der Waals surface area contributed by atoms with E-state index in [0.29, 0.717) is 36.1 Å². The summed E-state index contributed by atoms with van der Waals surface area (Å²) in [6.07, 6.45) is 5.90. The highest BCUT2D eigenvalue weighted by atomic mass is 16.5. The molecular formula is C19H27NO4. The number of rotatable bonds is 7. The van der Waals surface area contributed by atoms with Gasteiger partial charge >= 0.3 is 0 Å². The molecular weight excluding hydrogens is 306 g/mol. The van der Waals surface area contributed by atoms with Gasteiger partial charge in [0.15, 0.2) is 11.5 Å². The van der Waals surface area contributed by atoms with Crippen molar-refractivity contribution in [3.63, 3.8) is 0 Å². The summed E-state index contributed by atoms with van der Waals surface area (Å²) in [5.41, 5.74) is 0.886. The third-order valence-electron chi connectivity index (χ3n) is 5.59. The van der Waals surface area contributed by atoms with Crippen LogP contribution in [0.25, 0.3) is 0 Å². The Morgan fingerprint density at radius 1 is 1.04 bits per heavy atom. The van der Waals surface area contributed by atoms with Crippen LogP contribution in [0, 0.1) is 17.8 Å². The molecule has 0 radical (unpaired) electrons. The van der Waals surface area contributed by atoms with E-state index in [2.05, 4.69) is 5.32 Å². The van der Waals surface area contributed by atoms with Crippen LogP contribution in [-0.4, -0.2) is 27.2 Å². The molecule has 1 aromatic carbocycles. The van der Waals surface area contributed by atoms with Crippen LogP contribution < -0.4 is 19.5 Å². The minimum atomic E-state index is 0.129. The number of hydrogen-bond acceptors (Lipinski definition) is 4. The van der Waals surface area contributed by atoms with Crippen molar-refractivity contribution in [3.8, 4) is 17.2 Å². The number of carbonyl (C=O) groups excluding carboxylic acids is 1. The van der Waals surface area contributed by atoms with Gasteiger partial charge in [0, 0.05) is 24.6 Å². The standard InChI is InChI=1S/C19H27NO4/c1-22-16-10-18(24-3)17(23-2)8-15(16)11-20-19(21)9-14-7-12-4-5-13(14)6-12/h8,10,12-14H,4-7,9,11H2,1-3H3,(H,20,21)/t12-,13+,14-/m0/s1. The lowest BCUT2D eigenvalue weighted by Gasteiger charge is -2.21. The first kappa shape index (κ1) is 16.9. The van der Waals surface area contributed by atoms with Gasteiger partial charge in [-0.05, 0) is 43.1 Å². The highest BCUT2D eigenvalue weighted by Gasteiger charge is 2.40. The summed E-state index contributed by atoms with van der Waals surface area (Å²) < 4.78 is 16.0. The fraction of sp³-hybridized carbons (Fsp3) is 0.632. The third-order valence-corrected chi connectivity index (χ3v) is 5.59. The maximum atomic E-state index is 12.3. The van der Waals surface area contributed by atoms with E-state index in [9.17, 15) is 4.79 Å². The van der Waals surface area contributed by atoms with Crippen LogP contribution in [0.4, 0.5) is 0 Å². The first-order valence-corrected chi connectivity index (χ1v) is 8.70. The van der Waals surface area contributed by atoms with Crippen molar-refractivity contribution in [3.05, 3.63) is 17.7 Å². The van der Waals surface area contributed by atoms with E-state index in [-0.39, 0.29) is 5.91 Å². The van der Waals surface area contributed by atoms with Crippen LogP contribution in [0.15, 0.2) is 12.1 Å². The fourth-order valence-electron chi connectivity index (χ4n) is 4.36. The Labute approximate surface area is 143 Å². The van der Waals surface area contributed by atoms with Crippen molar-refractivity contribution in [1.29, 1.82) is 0 Å². The molecule has 1 aromatic rings. The zero-order chi connectivity index (χ0) is 17.1. The normalized spacial score (nSPS) is 24.7. The first-order valence-electron chi connectivity index (χ1n) is 8.70. The Morgan fingerprint density at radius 2 is 1.75 bits per heavy atom. The van der Waals surface area contributed by atoms with Gasteiger partial charge in [0.25, 0.3) is 0 Å². The second-order valence-electron chi connectivity index (χ2n) is 6.93. The number of hydrogen-bond donors (Lipinski definition) is 1. The molecule has 3 rings (SSSR count). The summed E-state index contributed by atoms with van der Waals surface area (Å²) in [6.45, 7) is 0.434. The Kier molecular flexibility index (Phi) is 5.17. The molecule has 2 saturated carbocycles. The summed E-state index contributed by atoms with van der Waals surface area (Å²) in [7, 11) is 4.80. The maximum absolute atomic E-state index is 12.3. The Morgan fingerprint density at radius 3 is 2.33 bits per heavy atom. The van der Waals surface area contributed by atoms with Gasteiger partial charge in [-0.15, -0.1) is 0 Å². The van der Waals surface area contributed by atoms with Gasteiger partial charge in [0.2, 0.25) is 5.91 Å². The fourth-order valence-corrected chi connectivity index (χ4v) is 4.36. The molecule has 2 aliphatic rings. The highest BCUT2D eigenvalue weighted by molar-refractivity contribution is 5.76. The molecule has 2 aliphatic carbocycles. The van der Waals surface area contributed by atoms with Crippen LogP contribution in [0.1, 0.15) is 37.7 Å². The summed E-state index contributed by atoms with van der Waals surface area (Å²) in [5, 5.41) is 3.03. The van der Waals surface area contributed by atoms with E-state index < -0.39 is 0 Å². The number of benzene rings is 1. The topological polar surface area (TPSA) is 56.8 Å². The Hall–Kier alpha value is -1.91. The number of fused-ring (bicyclic) bond motifs is 2. The van der Waals surface area contributed by atoms with Gasteiger partial charge in [0.05, 0.1) is 21.3 Å². The van der Waals surface area contributed by atoms with Crippen molar-refractivity contribution in [2.24, 2.45) is 17.8 Å². The molecule has 0 aromatic heterocycles. The summed E-state index contributed by atoms with van der Waals surface area (Å²) in [4.78, 5) is 12.3. The minimum Gasteiger partial charge on any atom is -0.496 e. The lowest BCUT2D eigenvalue weighted by molar-refractivity contribution is -0.122. The first-order chi connectivity index (χ1) is 11.6. The van der Waals surface area contributed by atoms with Crippen molar-refractivity contribution in [2.75, 3.05) is 21.3 Å². The van der Waals surface area contributed by atoms with Gasteiger partial charge in [-0.25, -0.2) is 0 Å². The molecule has 5 nitrogen and oxygen atoms in total. The molecule has 5 heteroatoms. The molecule has 0 saturated heterocycles. The van der Waals surface area contributed by atoms with E-state index in [0.717, 1.165) is 17.4 Å². The number of carbonyl (C=O) groups is 1. The highest BCUT2D eigenvalue weighted by Crippen LogP contribution is 2.49. The number of amides is 1. The molecule has 0 unspecified atom stereocenters. The second-order valence-corrected chi connectivity index (χ2v) is 6.93.